The van der Waals surface area contributed by atoms with Gasteiger partial charge in [0.25, 0.3) is 11.6 Å². The summed E-state index contributed by atoms with van der Waals surface area (Å²) in [7, 11) is 0. The van der Waals surface area contributed by atoms with Gasteiger partial charge in [-0.15, -0.1) is 11.8 Å². The van der Waals surface area contributed by atoms with Crippen molar-refractivity contribution in [1.82, 2.24) is 4.98 Å². The van der Waals surface area contributed by atoms with E-state index in [-0.39, 0.29) is 75.1 Å². The Kier molecular flexibility index (Phi) is 8.59. The molecule has 7 atom stereocenters. The number of anilines is 2. The number of hydrogen-bond acceptors (Lipinski definition) is 10. The number of imide groups is 1. The number of thiazole rings is 1. The number of amides is 3. The Balaban J connectivity index is 1.08. The summed E-state index contributed by atoms with van der Waals surface area (Å²) in [4.78, 5) is 68.7. The molecule has 0 spiro atoms. The number of para-hydroxylation sites is 1. The molecule has 4 unspecified atom stereocenters. The average Bonchev–Trinajstić information content (AvgIpc) is 3.86. The molecule has 4 aliphatic rings. The number of non-ortho nitro benzene ring substituents is 1. The van der Waals surface area contributed by atoms with Gasteiger partial charge >= 0.3 is 11.0 Å². The van der Waals surface area contributed by atoms with Gasteiger partial charge in [-0.2, -0.15) is 13.2 Å². The Labute approximate surface area is 306 Å². The van der Waals surface area contributed by atoms with Crippen LogP contribution in [-0.4, -0.2) is 46.1 Å². The molecule has 53 heavy (non-hydrogen) atoms. The molecule has 17 heteroatoms. The van der Waals surface area contributed by atoms with Gasteiger partial charge in [0, 0.05) is 28.2 Å². The van der Waals surface area contributed by atoms with E-state index in [4.69, 9.17) is 9.47 Å². The number of carbonyl (C=O) groups excluding carboxylic acids is 3. The van der Waals surface area contributed by atoms with Gasteiger partial charge in [-0.05, 0) is 73.1 Å². The average molecular weight is 767 g/mol. The lowest BCUT2D eigenvalue weighted by atomic mass is 9.68. The van der Waals surface area contributed by atoms with Crippen molar-refractivity contribution < 1.29 is 42.0 Å². The number of rotatable bonds is 9. The van der Waals surface area contributed by atoms with Crippen LogP contribution in [0, 0.1) is 39.7 Å². The second kappa shape index (κ2) is 13.1. The largest absolute Gasteiger partial charge is 0.490 e. The minimum atomic E-state index is -4.67. The highest BCUT2D eigenvalue weighted by atomic mass is 32.2. The van der Waals surface area contributed by atoms with E-state index < -0.39 is 46.7 Å². The zero-order valence-electron chi connectivity index (χ0n) is 27.6. The van der Waals surface area contributed by atoms with Crippen LogP contribution in [-0.2, 0) is 20.6 Å². The summed E-state index contributed by atoms with van der Waals surface area (Å²) in [5, 5.41) is 14.1. The van der Waals surface area contributed by atoms with E-state index >= 15 is 0 Å². The molecule has 2 saturated carbocycles. The number of nitro benzene ring substituents is 1. The van der Waals surface area contributed by atoms with Gasteiger partial charge in [0.15, 0.2) is 18.1 Å². The van der Waals surface area contributed by atoms with Crippen LogP contribution in [0.1, 0.15) is 35.3 Å². The molecular formula is C36H29F3N4O8S2. The fourth-order valence-corrected chi connectivity index (χ4v) is 11.5. The molecule has 12 nitrogen and oxygen atoms in total. The Morgan fingerprint density at radius 2 is 1.72 bits per heavy atom. The van der Waals surface area contributed by atoms with E-state index in [1.165, 1.54) is 48.2 Å². The molecule has 3 aromatic carbocycles. The first-order chi connectivity index (χ1) is 25.3. The Hall–Kier alpha value is -5.16. The molecule has 2 bridgehead atoms. The molecule has 2 aliphatic carbocycles. The number of carbonyl (C=O) groups is 3. The van der Waals surface area contributed by atoms with Crippen LogP contribution in [0.4, 0.5) is 30.2 Å². The third kappa shape index (κ3) is 5.85. The summed E-state index contributed by atoms with van der Waals surface area (Å²) in [6, 6.07) is 15.1. The van der Waals surface area contributed by atoms with Crippen LogP contribution in [0.15, 0.2) is 76.6 Å². The number of fused-ring (bicyclic) bond motifs is 9. The summed E-state index contributed by atoms with van der Waals surface area (Å²) in [5.74, 6) is -3.03. The second-order valence-corrected chi connectivity index (χ2v) is 15.5. The number of nitro groups is 1. The Morgan fingerprint density at radius 3 is 2.42 bits per heavy atom. The number of aromatic nitrogens is 1. The number of halogens is 3. The van der Waals surface area contributed by atoms with Gasteiger partial charge in [0.1, 0.15) is 0 Å². The molecule has 8 rings (SSSR count). The Bertz CT molecular complexity index is 2220. The minimum absolute atomic E-state index is 0.104. The van der Waals surface area contributed by atoms with Crippen molar-refractivity contribution in [2.45, 2.75) is 35.7 Å². The van der Waals surface area contributed by atoms with Crippen molar-refractivity contribution in [3.8, 4) is 11.5 Å². The summed E-state index contributed by atoms with van der Waals surface area (Å²) >= 11 is 2.61. The van der Waals surface area contributed by atoms with Gasteiger partial charge in [-0.25, -0.2) is 0 Å². The molecule has 0 radical (unpaired) electrons. The van der Waals surface area contributed by atoms with Crippen LogP contribution in [0.5, 0.6) is 11.5 Å². The zero-order chi connectivity index (χ0) is 37.3. The Morgan fingerprint density at radius 1 is 1.00 bits per heavy atom. The normalized spacial score (nSPS) is 25.5. The molecule has 274 valence electrons. The molecule has 3 fully saturated rings. The number of benzene rings is 3. The molecule has 4 aromatic rings. The number of H-pyrrole nitrogens is 1. The quantitative estimate of drug-likeness (QED) is 0.111. The molecule has 3 amide bonds. The van der Waals surface area contributed by atoms with Gasteiger partial charge in [-0.1, -0.05) is 29.5 Å². The standard InChI is InChI=1S/C36H29F3N4O8S2/c1-2-50-24-13-16(7-12-23(24)51-15-25(44)40-22-6-4-3-5-21(22)36(37,38)39)26-27-19-14-20(30(27)52-32-31(26)53-35(47)41-32)29-28(19)33(45)42(34(29)46)17-8-10-18(11-9-17)43(48)49/h3-13,19-20,26-30H,2,14-15H2,1H3,(H,40,44)(H,41,47)/t19-,20-,26-,27?,28?,29?,30?/m1/s1. The molecule has 2 N–H and O–H groups in total. The summed E-state index contributed by atoms with van der Waals surface area (Å²) in [5.41, 5.74) is -0.491. The first-order valence-corrected chi connectivity index (χ1v) is 18.4. The van der Waals surface area contributed by atoms with Crippen LogP contribution >= 0.6 is 23.1 Å². The first-order valence-electron chi connectivity index (χ1n) is 16.7. The predicted molar refractivity (Wildman–Crippen MR) is 187 cm³/mol. The highest BCUT2D eigenvalue weighted by Crippen LogP contribution is 2.69. The third-order valence-corrected chi connectivity index (χ3v) is 13.1. The lowest BCUT2D eigenvalue weighted by Gasteiger charge is -2.43. The number of nitrogens with one attached hydrogen (secondary N) is 2. The lowest BCUT2D eigenvalue weighted by molar-refractivity contribution is -0.384. The molecule has 1 aromatic heterocycles. The van der Waals surface area contributed by atoms with Crippen molar-refractivity contribution in [3.63, 3.8) is 0 Å². The summed E-state index contributed by atoms with van der Waals surface area (Å²) in [6.45, 7) is 1.38. The van der Waals surface area contributed by atoms with Crippen LogP contribution < -0.4 is 24.6 Å². The van der Waals surface area contributed by atoms with Crippen molar-refractivity contribution in [2.24, 2.45) is 29.6 Å². The number of alkyl halides is 3. The monoisotopic (exact) mass is 766 g/mol. The minimum Gasteiger partial charge on any atom is -0.490 e. The number of ether oxygens (including phenoxy) is 2. The SMILES string of the molecule is CCOc1cc([C@H]2c3sc(=O)[nH]c3SC3C2[C@H]2C[C@@H]3C3C(=O)N(c4ccc([N+](=O)[O-])cc4)C(=O)C32)ccc1OCC(=O)Nc1ccccc1C(F)(F)F. The topological polar surface area (TPSA) is 161 Å². The van der Waals surface area contributed by atoms with Gasteiger partial charge in [0.2, 0.25) is 11.8 Å². The van der Waals surface area contributed by atoms with Crippen molar-refractivity contribution >= 4 is 57.9 Å². The predicted octanol–water partition coefficient (Wildman–Crippen LogP) is 6.46. The van der Waals surface area contributed by atoms with Crippen molar-refractivity contribution in [2.75, 3.05) is 23.4 Å². The van der Waals surface area contributed by atoms with Gasteiger partial charge < -0.3 is 19.8 Å². The van der Waals surface area contributed by atoms with E-state index in [2.05, 4.69) is 10.3 Å². The fourth-order valence-electron chi connectivity index (χ4n) is 8.64. The van der Waals surface area contributed by atoms with E-state index in [0.29, 0.717) is 11.4 Å². The highest BCUT2D eigenvalue weighted by Gasteiger charge is 2.69. The fraction of sp³-hybridized carbons (Fsp3) is 0.333. The first kappa shape index (κ1) is 34.9. The van der Waals surface area contributed by atoms with Gasteiger partial charge in [0.05, 0.1) is 45.3 Å². The van der Waals surface area contributed by atoms with Crippen LogP contribution in [0.3, 0.4) is 0 Å². The highest BCUT2D eigenvalue weighted by molar-refractivity contribution is 8.00. The summed E-state index contributed by atoms with van der Waals surface area (Å²) in [6.07, 6.45) is -4.02. The van der Waals surface area contributed by atoms with Crippen molar-refractivity contribution in [1.29, 1.82) is 0 Å². The maximum atomic E-state index is 14.1. The molecular weight excluding hydrogens is 738 g/mol. The van der Waals surface area contributed by atoms with Crippen LogP contribution in [0.25, 0.3) is 0 Å². The number of hydrogen-bond donors (Lipinski definition) is 2. The second-order valence-electron chi connectivity index (χ2n) is 13.3. The van der Waals surface area contributed by atoms with Gasteiger partial charge in [-0.3, -0.25) is 34.2 Å². The van der Waals surface area contributed by atoms with E-state index in [1.54, 1.807) is 25.1 Å². The third-order valence-electron chi connectivity index (χ3n) is 10.5. The molecule has 3 heterocycles. The smallest absolute Gasteiger partial charge is 0.418 e. The zero-order valence-corrected chi connectivity index (χ0v) is 29.3. The summed E-state index contributed by atoms with van der Waals surface area (Å²) < 4.78 is 52.0. The maximum absolute atomic E-state index is 14.1. The van der Waals surface area contributed by atoms with E-state index in [9.17, 15) is 42.5 Å². The number of nitrogens with zero attached hydrogens (tertiary/aromatic N) is 2. The number of aromatic amines is 1. The molecule has 1 saturated heterocycles. The van der Waals surface area contributed by atoms with Crippen LogP contribution in [0.2, 0.25) is 0 Å². The lowest BCUT2D eigenvalue weighted by Crippen LogP contribution is -2.42. The van der Waals surface area contributed by atoms with E-state index in [0.717, 1.165) is 38.8 Å². The van der Waals surface area contributed by atoms with Crippen molar-refractivity contribution in [3.05, 3.63) is 103 Å². The van der Waals surface area contributed by atoms with E-state index in [1.807, 2.05) is 0 Å². The molecule has 2 aliphatic heterocycles. The maximum Gasteiger partial charge on any atom is 0.418 e. The number of thioether (sulfide) groups is 1.